The van der Waals surface area contributed by atoms with Crippen molar-refractivity contribution < 1.29 is 4.39 Å². The van der Waals surface area contributed by atoms with Gasteiger partial charge in [-0.2, -0.15) is 0 Å². The van der Waals surface area contributed by atoms with Gasteiger partial charge in [0, 0.05) is 12.2 Å². The molecule has 0 N–H and O–H groups in total. The van der Waals surface area contributed by atoms with E-state index in [1.807, 2.05) is 25.1 Å². The summed E-state index contributed by atoms with van der Waals surface area (Å²) in [6.45, 7) is 6.60. The Morgan fingerprint density at radius 1 is 1.00 bits per heavy atom. The standard InChI is InChI=1S/C24H21BFN/c1-3-13-27-24-12-8-7-9-19(24)17-23(20-14-18(2)15-22(26)16-20)25(27)21-10-5-4-6-11-21/h3-12,14-17H,1,13H2,2H3. The molecule has 0 spiro atoms. The molecule has 0 unspecified atom stereocenters. The normalized spacial score (nSPS) is 13.2. The predicted octanol–water partition coefficient (Wildman–Crippen LogP) is 5.12. The summed E-state index contributed by atoms with van der Waals surface area (Å²) in [5, 5.41) is 0. The first kappa shape index (κ1) is 17.4. The zero-order valence-electron chi connectivity index (χ0n) is 15.4. The predicted molar refractivity (Wildman–Crippen MR) is 115 cm³/mol. The van der Waals surface area contributed by atoms with E-state index < -0.39 is 0 Å². The summed E-state index contributed by atoms with van der Waals surface area (Å²) >= 11 is 0. The summed E-state index contributed by atoms with van der Waals surface area (Å²) in [4.78, 5) is 2.34. The summed E-state index contributed by atoms with van der Waals surface area (Å²) in [5.41, 5.74) is 6.44. The number of fused-ring (bicyclic) bond motifs is 1. The van der Waals surface area contributed by atoms with Gasteiger partial charge in [-0.3, -0.25) is 0 Å². The van der Waals surface area contributed by atoms with Crippen molar-refractivity contribution in [2.75, 3.05) is 11.4 Å². The monoisotopic (exact) mass is 353 g/mol. The number of anilines is 1. The van der Waals surface area contributed by atoms with E-state index in [1.54, 1.807) is 12.1 Å². The summed E-state index contributed by atoms with van der Waals surface area (Å²) in [6, 6.07) is 24.0. The zero-order valence-corrected chi connectivity index (χ0v) is 15.4. The highest BCUT2D eigenvalue weighted by atomic mass is 19.1. The number of benzene rings is 3. The molecule has 0 aliphatic carbocycles. The molecule has 0 saturated heterocycles. The average molecular weight is 353 g/mol. The van der Waals surface area contributed by atoms with Gasteiger partial charge in [0.05, 0.1) is 0 Å². The maximum absolute atomic E-state index is 14.2. The Bertz CT molecular complexity index is 990. The third-order valence-corrected chi connectivity index (χ3v) is 4.98. The van der Waals surface area contributed by atoms with Crippen LogP contribution in [0.3, 0.4) is 0 Å². The first-order valence-electron chi connectivity index (χ1n) is 9.18. The van der Waals surface area contributed by atoms with Crippen molar-refractivity contribution in [2.45, 2.75) is 6.92 Å². The van der Waals surface area contributed by atoms with Gasteiger partial charge < -0.3 is 4.81 Å². The number of para-hydroxylation sites is 1. The Balaban J connectivity index is 1.97. The number of rotatable bonds is 4. The number of halogens is 1. The molecular weight excluding hydrogens is 332 g/mol. The lowest BCUT2D eigenvalue weighted by atomic mass is 9.45. The van der Waals surface area contributed by atoms with Gasteiger partial charge in [0.1, 0.15) is 5.82 Å². The Morgan fingerprint density at radius 3 is 2.48 bits per heavy atom. The Labute approximate surface area is 160 Å². The van der Waals surface area contributed by atoms with Crippen LogP contribution >= 0.6 is 0 Å². The van der Waals surface area contributed by atoms with E-state index in [0.29, 0.717) is 6.54 Å². The molecule has 1 heterocycles. The van der Waals surface area contributed by atoms with E-state index in [0.717, 1.165) is 22.2 Å². The van der Waals surface area contributed by atoms with Crippen molar-refractivity contribution in [1.29, 1.82) is 0 Å². The smallest absolute Gasteiger partial charge is 0.324 e. The molecule has 132 valence electrons. The minimum Gasteiger partial charge on any atom is -0.403 e. The molecule has 0 saturated carbocycles. The molecule has 0 fully saturated rings. The average Bonchev–Trinajstić information content (AvgIpc) is 2.68. The van der Waals surface area contributed by atoms with Crippen LogP contribution in [0.1, 0.15) is 16.7 Å². The van der Waals surface area contributed by atoms with Gasteiger partial charge in [-0.15, -0.1) is 6.58 Å². The van der Waals surface area contributed by atoms with Gasteiger partial charge in [0.2, 0.25) is 0 Å². The second-order valence-corrected chi connectivity index (χ2v) is 6.93. The van der Waals surface area contributed by atoms with E-state index in [1.165, 1.54) is 11.2 Å². The highest BCUT2D eigenvalue weighted by molar-refractivity contribution is 6.94. The van der Waals surface area contributed by atoms with Crippen LogP contribution in [0.5, 0.6) is 0 Å². The topological polar surface area (TPSA) is 3.24 Å². The lowest BCUT2D eigenvalue weighted by Crippen LogP contribution is -2.51. The molecule has 1 aliphatic rings. The number of hydrogen-bond donors (Lipinski definition) is 0. The molecular formula is C24H21BFN. The van der Waals surface area contributed by atoms with E-state index in [-0.39, 0.29) is 12.7 Å². The van der Waals surface area contributed by atoms with E-state index >= 15 is 0 Å². The molecule has 3 heteroatoms. The van der Waals surface area contributed by atoms with Crippen LogP contribution in [0, 0.1) is 12.7 Å². The third-order valence-electron chi connectivity index (χ3n) is 4.98. The zero-order chi connectivity index (χ0) is 18.8. The minimum absolute atomic E-state index is 0.000278. The third kappa shape index (κ3) is 3.33. The fraction of sp³-hybridized carbons (Fsp3) is 0.0833. The van der Waals surface area contributed by atoms with Crippen molar-refractivity contribution in [3.63, 3.8) is 0 Å². The lowest BCUT2D eigenvalue weighted by molar-refractivity contribution is 0.626. The van der Waals surface area contributed by atoms with E-state index in [4.69, 9.17) is 0 Å². The fourth-order valence-corrected chi connectivity index (χ4v) is 3.91. The van der Waals surface area contributed by atoms with Crippen LogP contribution in [0.25, 0.3) is 11.5 Å². The van der Waals surface area contributed by atoms with E-state index in [9.17, 15) is 4.39 Å². The molecule has 4 rings (SSSR count). The second-order valence-electron chi connectivity index (χ2n) is 6.93. The fourth-order valence-electron chi connectivity index (χ4n) is 3.91. The summed E-state index contributed by atoms with van der Waals surface area (Å²) in [6.07, 6.45) is 4.12. The van der Waals surface area contributed by atoms with Crippen molar-refractivity contribution in [1.82, 2.24) is 0 Å². The molecule has 0 bridgehead atoms. The second kappa shape index (κ2) is 7.28. The summed E-state index contributed by atoms with van der Waals surface area (Å²) in [7, 11) is 0. The quantitative estimate of drug-likeness (QED) is 0.465. The highest BCUT2D eigenvalue weighted by Gasteiger charge is 2.34. The number of aryl methyl sites for hydroxylation is 1. The van der Waals surface area contributed by atoms with Crippen LogP contribution in [0.15, 0.2) is 85.5 Å². The molecule has 3 aromatic carbocycles. The van der Waals surface area contributed by atoms with Crippen LogP contribution in [0.2, 0.25) is 0 Å². The maximum atomic E-state index is 14.2. The number of hydrogen-bond acceptors (Lipinski definition) is 1. The minimum atomic E-state index is -0.202. The van der Waals surface area contributed by atoms with Gasteiger partial charge in [0.25, 0.3) is 0 Å². The number of nitrogens with zero attached hydrogens (tertiary/aromatic N) is 1. The van der Waals surface area contributed by atoms with Crippen LogP contribution < -0.4 is 10.3 Å². The van der Waals surface area contributed by atoms with Gasteiger partial charge >= 0.3 is 6.85 Å². The lowest BCUT2D eigenvalue weighted by Gasteiger charge is -2.37. The Kier molecular flexibility index (Phi) is 4.68. The first-order valence-corrected chi connectivity index (χ1v) is 9.18. The van der Waals surface area contributed by atoms with Gasteiger partial charge in [0.15, 0.2) is 0 Å². The molecule has 1 aliphatic heterocycles. The summed E-state index contributed by atoms with van der Waals surface area (Å²) < 4.78 is 14.2. The molecule has 1 nitrogen and oxygen atoms in total. The highest BCUT2D eigenvalue weighted by Crippen LogP contribution is 2.35. The summed E-state index contributed by atoms with van der Waals surface area (Å²) in [5.74, 6) is -0.202. The van der Waals surface area contributed by atoms with Gasteiger partial charge in [-0.1, -0.05) is 72.2 Å². The van der Waals surface area contributed by atoms with Crippen molar-refractivity contribution >= 4 is 29.5 Å². The van der Waals surface area contributed by atoms with Crippen molar-refractivity contribution in [3.05, 3.63) is 108 Å². The maximum Gasteiger partial charge on any atom is 0.324 e. The molecule has 0 radical (unpaired) electrons. The largest absolute Gasteiger partial charge is 0.403 e. The Morgan fingerprint density at radius 2 is 1.74 bits per heavy atom. The Hall–Kier alpha value is -3.07. The molecule has 27 heavy (non-hydrogen) atoms. The SMILES string of the molecule is C=CCN1B(c2ccccc2)C(c2cc(C)cc(F)c2)=Cc2ccccc21. The molecule has 3 aromatic rings. The molecule has 0 atom stereocenters. The van der Waals surface area contributed by atoms with Crippen molar-refractivity contribution in [3.8, 4) is 0 Å². The van der Waals surface area contributed by atoms with Crippen LogP contribution in [0.4, 0.5) is 10.1 Å². The first-order chi connectivity index (χ1) is 13.2. The van der Waals surface area contributed by atoms with E-state index in [2.05, 4.69) is 66.0 Å². The molecule has 0 aromatic heterocycles. The van der Waals surface area contributed by atoms with Crippen LogP contribution in [-0.2, 0) is 0 Å². The van der Waals surface area contributed by atoms with Gasteiger partial charge in [-0.05, 0) is 47.3 Å². The van der Waals surface area contributed by atoms with Crippen LogP contribution in [-0.4, -0.2) is 13.4 Å². The molecule has 0 amide bonds. The van der Waals surface area contributed by atoms with Crippen molar-refractivity contribution in [2.24, 2.45) is 0 Å². The van der Waals surface area contributed by atoms with Gasteiger partial charge in [-0.25, -0.2) is 4.39 Å².